The molecule has 2 aromatic rings. The van der Waals surface area contributed by atoms with E-state index in [0.717, 1.165) is 12.8 Å². The second-order valence-corrected chi connectivity index (χ2v) is 8.25. The fourth-order valence-corrected chi connectivity index (χ4v) is 4.26. The summed E-state index contributed by atoms with van der Waals surface area (Å²) in [5.74, 6) is 0.0726. The Kier molecular flexibility index (Phi) is 4.77. The molecule has 1 saturated carbocycles. The van der Waals surface area contributed by atoms with Crippen molar-refractivity contribution in [2.75, 3.05) is 18.2 Å². The highest BCUT2D eigenvalue weighted by Crippen LogP contribution is 2.38. The summed E-state index contributed by atoms with van der Waals surface area (Å²) in [5, 5.41) is 0.304. The number of anilines is 1. The number of nitrogens with zero attached hydrogens (tertiary/aromatic N) is 2. The van der Waals surface area contributed by atoms with Crippen LogP contribution in [0.5, 0.6) is 11.5 Å². The van der Waals surface area contributed by atoms with Crippen molar-refractivity contribution in [2.45, 2.75) is 31.8 Å². The Hall–Kier alpha value is -2.80. The van der Waals surface area contributed by atoms with Gasteiger partial charge in [-0.25, -0.2) is 4.39 Å². The minimum atomic E-state index is -0.478. The van der Waals surface area contributed by atoms with E-state index in [2.05, 4.69) is 0 Å². The van der Waals surface area contributed by atoms with Crippen molar-refractivity contribution in [2.24, 2.45) is 5.92 Å². The van der Waals surface area contributed by atoms with Gasteiger partial charge in [0.25, 0.3) is 0 Å². The van der Waals surface area contributed by atoms with Crippen LogP contribution in [-0.2, 0) is 16.1 Å². The van der Waals surface area contributed by atoms with Gasteiger partial charge in [-0.3, -0.25) is 9.59 Å². The summed E-state index contributed by atoms with van der Waals surface area (Å²) in [6.45, 7) is 0.554. The smallest absolute Gasteiger partial charge is 0.231 e. The van der Waals surface area contributed by atoms with Gasteiger partial charge in [-0.05, 0) is 37.1 Å². The molecule has 6 nitrogen and oxygen atoms in total. The first-order valence-corrected chi connectivity index (χ1v) is 10.3. The Morgan fingerprint density at radius 2 is 2.00 bits per heavy atom. The van der Waals surface area contributed by atoms with Crippen LogP contribution in [0.25, 0.3) is 0 Å². The number of carbonyl (C=O) groups is 2. The minimum Gasteiger partial charge on any atom is -0.454 e. The molecule has 3 aliphatic rings. The molecule has 5 rings (SSSR count). The molecule has 1 aliphatic carbocycles. The van der Waals surface area contributed by atoms with Crippen molar-refractivity contribution < 1.29 is 23.5 Å². The zero-order valence-corrected chi connectivity index (χ0v) is 16.9. The van der Waals surface area contributed by atoms with E-state index in [1.807, 2.05) is 0 Å². The van der Waals surface area contributed by atoms with Crippen molar-refractivity contribution in [3.8, 4) is 11.5 Å². The van der Waals surface area contributed by atoms with Gasteiger partial charge >= 0.3 is 0 Å². The van der Waals surface area contributed by atoms with Crippen LogP contribution in [0, 0.1) is 11.7 Å². The molecule has 0 aromatic heterocycles. The lowest BCUT2D eigenvalue weighted by molar-refractivity contribution is -0.137. The predicted molar refractivity (Wildman–Crippen MR) is 108 cm³/mol. The molecule has 0 N–H and O–H groups in total. The third-order valence-corrected chi connectivity index (χ3v) is 6.16. The fraction of sp³-hybridized carbons (Fsp3) is 0.364. The quantitative estimate of drug-likeness (QED) is 0.724. The van der Waals surface area contributed by atoms with Gasteiger partial charge in [0.15, 0.2) is 11.5 Å². The molecule has 156 valence electrons. The number of amides is 2. The predicted octanol–water partition coefficient (Wildman–Crippen LogP) is 3.75. The minimum absolute atomic E-state index is 0.0721. The van der Waals surface area contributed by atoms with Gasteiger partial charge in [-0.1, -0.05) is 17.7 Å². The van der Waals surface area contributed by atoms with Crippen molar-refractivity contribution in [1.82, 2.24) is 4.90 Å². The SMILES string of the molecule is O=C1C[C@H](C(=O)N(Cc2c(F)cccc2Cl)C2CC2)CN1c1ccc2c(c1)OCO2. The van der Waals surface area contributed by atoms with Crippen LogP contribution in [0.2, 0.25) is 5.02 Å². The van der Waals surface area contributed by atoms with E-state index >= 15 is 0 Å². The van der Waals surface area contributed by atoms with E-state index in [4.69, 9.17) is 21.1 Å². The van der Waals surface area contributed by atoms with E-state index in [9.17, 15) is 14.0 Å². The Morgan fingerprint density at radius 1 is 1.20 bits per heavy atom. The van der Waals surface area contributed by atoms with Crippen molar-refractivity contribution in [1.29, 1.82) is 0 Å². The van der Waals surface area contributed by atoms with Gasteiger partial charge in [0.2, 0.25) is 18.6 Å². The van der Waals surface area contributed by atoms with Gasteiger partial charge in [0, 0.05) is 41.3 Å². The molecule has 2 aromatic carbocycles. The summed E-state index contributed by atoms with van der Waals surface area (Å²) in [4.78, 5) is 29.3. The number of halogens is 2. The summed E-state index contributed by atoms with van der Waals surface area (Å²) < 4.78 is 25.0. The first kappa shape index (κ1) is 19.2. The largest absolute Gasteiger partial charge is 0.454 e. The third-order valence-electron chi connectivity index (χ3n) is 5.80. The second-order valence-electron chi connectivity index (χ2n) is 7.84. The molecule has 2 heterocycles. The van der Waals surface area contributed by atoms with Crippen LogP contribution >= 0.6 is 11.6 Å². The van der Waals surface area contributed by atoms with Gasteiger partial charge < -0.3 is 19.3 Å². The normalized spacial score (nSPS) is 20.0. The van der Waals surface area contributed by atoms with Crippen LogP contribution < -0.4 is 14.4 Å². The van der Waals surface area contributed by atoms with E-state index in [1.54, 1.807) is 40.1 Å². The maximum Gasteiger partial charge on any atom is 0.231 e. The lowest BCUT2D eigenvalue weighted by Gasteiger charge is -2.26. The van der Waals surface area contributed by atoms with Gasteiger partial charge in [-0.2, -0.15) is 0 Å². The van der Waals surface area contributed by atoms with Crippen molar-refractivity contribution in [3.63, 3.8) is 0 Å². The standard InChI is InChI=1S/C22H20ClFN2O4/c23-17-2-1-3-18(24)16(17)11-26(14-4-5-14)22(28)13-8-21(27)25(10-13)15-6-7-19-20(9-15)30-12-29-19/h1-3,6-7,9,13-14H,4-5,8,10-12H2/t13-/m0/s1. The molecule has 1 atom stereocenters. The fourth-order valence-electron chi connectivity index (χ4n) is 4.04. The Labute approximate surface area is 178 Å². The van der Waals surface area contributed by atoms with Crippen LogP contribution in [0.15, 0.2) is 36.4 Å². The molecule has 0 spiro atoms. The van der Waals surface area contributed by atoms with Crippen LogP contribution in [0.3, 0.4) is 0 Å². The molecular weight excluding hydrogens is 411 g/mol. The summed E-state index contributed by atoms with van der Waals surface area (Å²) in [6.07, 6.45) is 1.89. The van der Waals surface area contributed by atoms with Crippen molar-refractivity contribution >= 4 is 29.1 Å². The Morgan fingerprint density at radius 3 is 2.77 bits per heavy atom. The van der Waals surface area contributed by atoms with Crippen LogP contribution in [-0.4, -0.2) is 36.1 Å². The summed E-state index contributed by atoms with van der Waals surface area (Å²) in [5.41, 5.74) is 0.992. The van der Waals surface area contributed by atoms with Crippen molar-refractivity contribution in [3.05, 3.63) is 52.8 Å². The lowest BCUT2D eigenvalue weighted by atomic mass is 10.1. The van der Waals surface area contributed by atoms with Crippen LogP contribution in [0.1, 0.15) is 24.8 Å². The molecule has 1 saturated heterocycles. The maximum atomic E-state index is 14.3. The molecule has 0 radical (unpaired) electrons. The zero-order chi connectivity index (χ0) is 20.8. The van der Waals surface area contributed by atoms with Gasteiger partial charge in [0.05, 0.1) is 12.5 Å². The first-order chi connectivity index (χ1) is 14.5. The van der Waals surface area contributed by atoms with E-state index in [1.165, 1.54) is 6.07 Å². The Balaban J connectivity index is 1.34. The monoisotopic (exact) mass is 430 g/mol. The van der Waals surface area contributed by atoms with Crippen LogP contribution in [0.4, 0.5) is 10.1 Å². The molecule has 30 heavy (non-hydrogen) atoms. The summed E-state index contributed by atoms with van der Waals surface area (Å²) in [7, 11) is 0. The molecule has 0 bridgehead atoms. The molecule has 2 aliphatic heterocycles. The zero-order valence-electron chi connectivity index (χ0n) is 16.1. The number of rotatable bonds is 5. The highest BCUT2D eigenvalue weighted by molar-refractivity contribution is 6.31. The van der Waals surface area contributed by atoms with Gasteiger partial charge in [-0.15, -0.1) is 0 Å². The highest BCUT2D eigenvalue weighted by atomic mass is 35.5. The first-order valence-electron chi connectivity index (χ1n) is 9.94. The molecular formula is C22H20ClFN2O4. The highest BCUT2D eigenvalue weighted by Gasteiger charge is 2.42. The molecule has 8 heteroatoms. The number of hydrogen-bond acceptors (Lipinski definition) is 4. The number of fused-ring (bicyclic) bond motifs is 1. The lowest BCUT2D eigenvalue weighted by Crippen LogP contribution is -2.38. The summed E-state index contributed by atoms with van der Waals surface area (Å²) >= 11 is 6.17. The molecule has 2 amide bonds. The van der Waals surface area contributed by atoms with E-state index < -0.39 is 11.7 Å². The topological polar surface area (TPSA) is 59.1 Å². The molecule has 0 unspecified atom stereocenters. The number of hydrogen-bond donors (Lipinski definition) is 0. The third kappa shape index (κ3) is 3.47. The van der Waals surface area contributed by atoms with Gasteiger partial charge in [0.1, 0.15) is 5.82 Å². The molecule has 2 fully saturated rings. The number of benzene rings is 2. The second kappa shape index (κ2) is 7.47. The number of ether oxygens (including phenoxy) is 2. The average Bonchev–Trinajstić information content (AvgIpc) is 3.32. The van der Waals surface area contributed by atoms with E-state index in [-0.39, 0.29) is 44.2 Å². The summed E-state index contributed by atoms with van der Waals surface area (Å²) in [6, 6.07) is 9.89. The van der Waals surface area contributed by atoms with E-state index in [0.29, 0.717) is 27.8 Å². The number of carbonyl (C=O) groups excluding carboxylic acids is 2. The average molecular weight is 431 g/mol. The maximum absolute atomic E-state index is 14.3. The Bertz CT molecular complexity index is 1010.